The summed E-state index contributed by atoms with van der Waals surface area (Å²) in [5.74, 6) is 0. The Balaban J connectivity index is 1.69. The number of aliphatic hydroxyl groups excluding tert-OH is 1. The third-order valence-electron chi connectivity index (χ3n) is 4.42. The van der Waals surface area contributed by atoms with Crippen LogP contribution in [0, 0.1) is 0 Å². The van der Waals surface area contributed by atoms with E-state index in [-0.39, 0.29) is 12.7 Å². The van der Waals surface area contributed by atoms with Crippen LogP contribution in [0.3, 0.4) is 0 Å². The summed E-state index contributed by atoms with van der Waals surface area (Å²) in [6.07, 6.45) is 3.15. The van der Waals surface area contributed by atoms with Gasteiger partial charge >= 0.3 is 0 Å². The Morgan fingerprint density at radius 1 is 0.679 bits per heavy atom. The molecule has 0 aliphatic rings. The summed E-state index contributed by atoms with van der Waals surface area (Å²) in [7, 11) is 0. The first-order chi connectivity index (χ1) is 13.8. The van der Waals surface area contributed by atoms with E-state index in [9.17, 15) is 5.11 Å². The highest BCUT2D eigenvalue weighted by Crippen LogP contribution is 2.14. The molecule has 28 heavy (non-hydrogen) atoms. The maximum absolute atomic E-state index is 9.93. The lowest BCUT2D eigenvalue weighted by atomic mass is 10.1. The molecule has 3 aromatic carbocycles. The van der Waals surface area contributed by atoms with Gasteiger partial charge in [0, 0.05) is 0 Å². The van der Waals surface area contributed by atoms with Gasteiger partial charge in [-0.3, -0.25) is 0 Å². The minimum Gasteiger partial charge on any atom is -0.394 e. The molecule has 0 aliphatic heterocycles. The van der Waals surface area contributed by atoms with Gasteiger partial charge in [-0.15, -0.1) is 0 Å². The summed E-state index contributed by atoms with van der Waals surface area (Å²) in [5.41, 5.74) is 3.23. The van der Waals surface area contributed by atoms with Gasteiger partial charge in [0.05, 0.1) is 19.8 Å². The predicted octanol–water partition coefficient (Wildman–Crippen LogP) is 4.86. The molecule has 0 fully saturated rings. The van der Waals surface area contributed by atoms with E-state index < -0.39 is 6.10 Å². The van der Waals surface area contributed by atoms with Crippen molar-refractivity contribution in [3.63, 3.8) is 0 Å². The number of ether oxygens (including phenoxy) is 2. The van der Waals surface area contributed by atoms with Crippen molar-refractivity contribution in [2.24, 2.45) is 0 Å². The lowest BCUT2D eigenvalue weighted by molar-refractivity contribution is -0.0844. The molecule has 0 amide bonds. The molecule has 0 saturated heterocycles. The zero-order valence-corrected chi connectivity index (χ0v) is 15.9. The normalized spacial score (nSPS) is 13.5. The quantitative estimate of drug-likeness (QED) is 0.551. The molecule has 3 aromatic rings. The lowest BCUT2D eigenvalue weighted by Gasteiger charge is -2.24. The van der Waals surface area contributed by atoms with E-state index in [0.29, 0.717) is 13.2 Å². The van der Waals surface area contributed by atoms with Crippen LogP contribution < -0.4 is 0 Å². The molecule has 3 nitrogen and oxygen atoms in total. The molecule has 0 heterocycles. The fraction of sp³-hybridized carbons (Fsp3) is 0.200. The monoisotopic (exact) mass is 374 g/mol. The number of hydrogen-bond donors (Lipinski definition) is 1. The number of rotatable bonds is 10. The van der Waals surface area contributed by atoms with E-state index in [0.717, 1.165) is 16.7 Å². The first-order valence-corrected chi connectivity index (χ1v) is 9.50. The van der Waals surface area contributed by atoms with Crippen LogP contribution in [0.5, 0.6) is 0 Å². The fourth-order valence-corrected chi connectivity index (χ4v) is 2.85. The SMILES string of the molecule is OC[C@@H](OCc1ccccc1)[C@H](/C=C/c1ccccc1)OCc1ccccc1. The molecule has 0 aliphatic carbocycles. The first kappa shape index (κ1) is 20.0. The molecule has 144 valence electrons. The Morgan fingerprint density at radius 2 is 1.18 bits per heavy atom. The van der Waals surface area contributed by atoms with Gasteiger partial charge in [0.25, 0.3) is 0 Å². The Bertz CT molecular complexity index is 816. The highest BCUT2D eigenvalue weighted by Gasteiger charge is 2.20. The van der Waals surface area contributed by atoms with Gasteiger partial charge in [0.15, 0.2) is 0 Å². The fourth-order valence-electron chi connectivity index (χ4n) is 2.85. The summed E-state index contributed by atoms with van der Waals surface area (Å²) in [6.45, 7) is 0.762. The molecular weight excluding hydrogens is 348 g/mol. The summed E-state index contributed by atoms with van der Waals surface area (Å²) in [6, 6.07) is 30.0. The molecular formula is C25H26O3. The van der Waals surface area contributed by atoms with Crippen molar-refractivity contribution in [2.45, 2.75) is 25.4 Å². The van der Waals surface area contributed by atoms with Crippen LogP contribution in [0.25, 0.3) is 6.08 Å². The number of benzene rings is 3. The lowest BCUT2D eigenvalue weighted by Crippen LogP contribution is -2.33. The average Bonchev–Trinajstić information content (AvgIpc) is 2.77. The second kappa shape index (κ2) is 11.2. The van der Waals surface area contributed by atoms with Gasteiger partial charge in [-0.2, -0.15) is 0 Å². The summed E-state index contributed by atoms with van der Waals surface area (Å²) in [5, 5.41) is 9.93. The smallest absolute Gasteiger partial charge is 0.111 e. The summed E-state index contributed by atoms with van der Waals surface area (Å²) < 4.78 is 12.1. The van der Waals surface area contributed by atoms with Crippen molar-refractivity contribution in [2.75, 3.05) is 6.61 Å². The van der Waals surface area contributed by atoms with Gasteiger partial charge in [-0.05, 0) is 16.7 Å². The topological polar surface area (TPSA) is 38.7 Å². The highest BCUT2D eigenvalue weighted by molar-refractivity contribution is 5.49. The Hall–Kier alpha value is -2.72. The molecule has 0 radical (unpaired) electrons. The highest BCUT2D eigenvalue weighted by atomic mass is 16.5. The van der Waals surface area contributed by atoms with E-state index in [1.807, 2.05) is 103 Å². The zero-order valence-electron chi connectivity index (χ0n) is 15.9. The van der Waals surface area contributed by atoms with Crippen LogP contribution in [0.15, 0.2) is 97.1 Å². The van der Waals surface area contributed by atoms with Crippen molar-refractivity contribution in [1.82, 2.24) is 0 Å². The Kier molecular flexibility index (Phi) is 8.01. The van der Waals surface area contributed by atoms with Gasteiger partial charge in [0.2, 0.25) is 0 Å². The standard InChI is InChI=1S/C25H26O3/c26-18-25(28-20-23-14-8-3-9-15-23)24(17-16-21-10-4-1-5-11-21)27-19-22-12-6-2-7-13-22/h1-17,24-26H,18-20H2/b17-16+/t24-,25+/m0/s1. The molecule has 1 N–H and O–H groups in total. The Labute approximate surface area is 166 Å². The van der Waals surface area contributed by atoms with Crippen LogP contribution in [0.4, 0.5) is 0 Å². The van der Waals surface area contributed by atoms with Crippen LogP contribution >= 0.6 is 0 Å². The minimum atomic E-state index is -0.455. The Morgan fingerprint density at radius 3 is 1.71 bits per heavy atom. The molecule has 0 unspecified atom stereocenters. The second-order valence-electron chi connectivity index (χ2n) is 6.55. The maximum atomic E-state index is 9.93. The summed E-state index contributed by atoms with van der Waals surface area (Å²) in [4.78, 5) is 0. The molecule has 2 atom stereocenters. The van der Waals surface area contributed by atoms with Crippen LogP contribution in [0.2, 0.25) is 0 Å². The van der Waals surface area contributed by atoms with Gasteiger partial charge in [-0.1, -0.05) is 103 Å². The van der Waals surface area contributed by atoms with E-state index in [2.05, 4.69) is 0 Å². The third kappa shape index (κ3) is 6.46. The van der Waals surface area contributed by atoms with Gasteiger partial charge in [-0.25, -0.2) is 0 Å². The average molecular weight is 374 g/mol. The van der Waals surface area contributed by atoms with Crippen LogP contribution in [-0.2, 0) is 22.7 Å². The van der Waals surface area contributed by atoms with Crippen LogP contribution in [-0.4, -0.2) is 23.9 Å². The van der Waals surface area contributed by atoms with Gasteiger partial charge in [0.1, 0.15) is 12.2 Å². The summed E-state index contributed by atoms with van der Waals surface area (Å²) >= 11 is 0. The number of aliphatic hydroxyl groups is 1. The zero-order chi connectivity index (χ0) is 19.4. The molecule has 0 aromatic heterocycles. The van der Waals surface area contributed by atoms with E-state index in [1.165, 1.54) is 0 Å². The van der Waals surface area contributed by atoms with Crippen molar-refractivity contribution >= 4 is 6.08 Å². The second-order valence-corrected chi connectivity index (χ2v) is 6.55. The number of hydrogen-bond acceptors (Lipinski definition) is 3. The predicted molar refractivity (Wildman–Crippen MR) is 113 cm³/mol. The molecule has 0 bridgehead atoms. The van der Waals surface area contributed by atoms with Crippen LogP contribution in [0.1, 0.15) is 16.7 Å². The molecule has 3 rings (SSSR count). The largest absolute Gasteiger partial charge is 0.394 e. The third-order valence-corrected chi connectivity index (χ3v) is 4.42. The molecule has 0 saturated carbocycles. The maximum Gasteiger partial charge on any atom is 0.111 e. The minimum absolute atomic E-state index is 0.120. The van der Waals surface area contributed by atoms with Crippen molar-refractivity contribution in [1.29, 1.82) is 0 Å². The van der Waals surface area contributed by atoms with E-state index in [4.69, 9.17) is 9.47 Å². The molecule has 0 spiro atoms. The first-order valence-electron chi connectivity index (χ1n) is 9.50. The van der Waals surface area contributed by atoms with Gasteiger partial charge < -0.3 is 14.6 Å². The van der Waals surface area contributed by atoms with Crippen molar-refractivity contribution in [3.8, 4) is 0 Å². The molecule has 3 heteroatoms. The van der Waals surface area contributed by atoms with E-state index in [1.54, 1.807) is 0 Å². The van der Waals surface area contributed by atoms with Crippen molar-refractivity contribution in [3.05, 3.63) is 114 Å². The van der Waals surface area contributed by atoms with Crippen molar-refractivity contribution < 1.29 is 14.6 Å². The van der Waals surface area contributed by atoms with E-state index >= 15 is 0 Å².